The lowest BCUT2D eigenvalue weighted by Gasteiger charge is -2.15. The normalized spacial score (nSPS) is 14.0. The van der Waals surface area contributed by atoms with E-state index in [9.17, 15) is 24.3 Å². The second-order valence-corrected chi connectivity index (χ2v) is 8.20. The minimum Gasteiger partial charge on any atom is -0.508 e. The summed E-state index contributed by atoms with van der Waals surface area (Å²) in [5.74, 6) is -2.91. The molecule has 216 valence electrons. The summed E-state index contributed by atoms with van der Waals surface area (Å²) >= 11 is 0. The van der Waals surface area contributed by atoms with E-state index in [0.717, 1.165) is 25.7 Å². The molecule has 0 saturated heterocycles. The first-order valence-corrected chi connectivity index (χ1v) is 12.2. The minimum absolute atomic E-state index is 0.133. The molecule has 3 aromatic carbocycles. The summed E-state index contributed by atoms with van der Waals surface area (Å²) in [5.41, 5.74) is 1.10. The highest BCUT2D eigenvalue weighted by Gasteiger charge is 2.20. The molecule has 0 heterocycles. The van der Waals surface area contributed by atoms with Crippen molar-refractivity contribution in [3.05, 3.63) is 101 Å². The molecule has 0 aromatic heterocycles. The maximum Gasteiger partial charge on any atom is 0.354 e. The molecule has 1 unspecified atom stereocenters. The Morgan fingerprint density at radius 3 is 2.22 bits per heavy atom. The number of carbonyl (C=O) groups excluding carboxylic acids is 4. The van der Waals surface area contributed by atoms with Crippen molar-refractivity contribution in [2.45, 2.75) is 32.8 Å². The molecule has 10 heteroatoms. The van der Waals surface area contributed by atoms with Gasteiger partial charge < -0.3 is 30.0 Å². The maximum atomic E-state index is 11.8. The summed E-state index contributed by atoms with van der Waals surface area (Å²) in [5, 5.41) is 13.7. The maximum absolute atomic E-state index is 11.8. The molecule has 0 fully saturated rings. The van der Waals surface area contributed by atoms with Crippen LogP contribution in [-0.4, -0.2) is 49.1 Å². The molecule has 3 aromatic rings. The Morgan fingerprint density at radius 1 is 0.927 bits per heavy atom. The van der Waals surface area contributed by atoms with E-state index in [-0.39, 0.29) is 23.1 Å². The van der Waals surface area contributed by atoms with E-state index in [0.29, 0.717) is 17.9 Å². The van der Waals surface area contributed by atoms with E-state index < -0.39 is 36.1 Å². The van der Waals surface area contributed by atoms with E-state index in [4.69, 9.17) is 10.2 Å². The third-order valence-electron chi connectivity index (χ3n) is 4.85. The van der Waals surface area contributed by atoms with E-state index in [2.05, 4.69) is 14.8 Å². The fraction of sp³-hybridized carbons (Fsp3) is 0.226. The van der Waals surface area contributed by atoms with Crippen molar-refractivity contribution in [3.63, 3.8) is 0 Å². The summed E-state index contributed by atoms with van der Waals surface area (Å²) in [7, 11) is 2.18. The number of phenols is 1. The Bertz CT molecular complexity index is 1550. The molecule has 0 spiro atoms. The highest BCUT2D eigenvalue weighted by molar-refractivity contribution is 5.97. The predicted molar refractivity (Wildman–Crippen MR) is 152 cm³/mol. The predicted octanol–water partition coefficient (Wildman–Crippen LogP) is 3.53. The second kappa shape index (κ2) is 16.8. The molecule has 0 aliphatic carbocycles. The van der Waals surface area contributed by atoms with Gasteiger partial charge in [0.2, 0.25) is 11.8 Å². The standard InChI is InChI=1S/C19H19NO4.C12H15NO4/c1-14(21)20-18(19(22)23-2)12-16-9-6-10-17(11-16)24-13-15-7-4-3-5-8-15;1-8(14)13-11(12(16)17-2)7-9-4-3-5-10(15)6-9/h3-12H,13H2,1-2H3,(H,20,21);3-6,11,15H,7H2,1-2H3,(H,13,14)/b18-12-;/i12D;7D2,11D. The fourth-order valence-electron chi connectivity index (χ4n) is 3.10. The fourth-order valence-corrected chi connectivity index (χ4v) is 3.10. The van der Waals surface area contributed by atoms with E-state index in [1.54, 1.807) is 24.3 Å². The molecular formula is C31H34N2O8. The first-order chi connectivity index (χ1) is 21.2. The summed E-state index contributed by atoms with van der Waals surface area (Å²) in [4.78, 5) is 46.0. The first kappa shape index (κ1) is 26.1. The number of aromatic hydroxyl groups is 1. The zero-order chi connectivity index (χ0) is 33.8. The van der Waals surface area contributed by atoms with Gasteiger partial charge in [-0.2, -0.15) is 0 Å². The molecule has 3 N–H and O–H groups in total. The van der Waals surface area contributed by atoms with Gasteiger partial charge in [0.25, 0.3) is 0 Å². The molecule has 0 aliphatic rings. The number of phenolic OH excluding ortho intramolecular Hbond substituents is 1. The van der Waals surface area contributed by atoms with Crippen molar-refractivity contribution in [1.29, 1.82) is 0 Å². The Labute approximate surface area is 244 Å². The summed E-state index contributed by atoms with van der Waals surface area (Å²) < 4.78 is 47.0. The SMILES string of the molecule is [2H]/C(=C(/NC(C)=O)C(=O)OC)c1cccc(OCc2ccccc2)c1.[2H]C(NC(C)=O)(C(=O)OC)C([2H])([2H])c1cccc(O)c1. The molecule has 3 rings (SSSR count). The zero-order valence-corrected chi connectivity index (χ0v) is 23.0. The van der Waals surface area contributed by atoms with Gasteiger partial charge in [-0.1, -0.05) is 54.6 Å². The van der Waals surface area contributed by atoms with Crippen molar-refractivity contribution in [2.24, 2.45) is 0 Å². The van der Waals surface area contributed by atoms with Crippen molar-refractivity contribution < 1.29 is 44.0 Å². The molecule has 0 bridgehead atoms. The molecular weight excluding hydrogens is 528 g/mol. The van der Waals surface area contributed by atoms with Gasteiger partial charge in [-0.15, -0.1) is 0 Å². The van der Waals surface area contributed by atoms with Gasteiger partial charge >= 0.3 is 11.9 Å². The molecule has 0 aliphatic heterocycles. The van der Waals surface area contributed by atoms with Gasteiger partial charge in [0.15, 0.2) is 0 Å². The van der Waals surface area contributed by atoms with Gasteiger partial charge in [0.05, 0.1) is 17.0 Å². The van der Waals surface area contributed by atoms with Gasteiger partial charge in [0.1, 0.15) is 29.8 Å². The number of carbonyl (C=O) groups is 4. The monoisotopic (exact) mass is 566 g/mol. The number of hydrogen-bond donors (Lipinski definition) is 3. The molecule has 41 heavy (non-hydrogen) atoms. The van der Waals surface area contributed by atoms with Crippen LogP contribution in [0.1, 0.15) is 36.0 Å². The van der Waals surface area contributed by atoms with Gasteiger partial charge in [-0.25, -0.2) is 9.59 Å². The number of ether oxygens (including phenoxy) is 3. The lowest BCUT2D eigenvalue weighted by Crippen LogP contribution is -2.41. The van der Waals surface area contributed by atoms with Crippen molar-refractivity contribution in [1.82, 2.24) is 10.6 Å². The number of rotatable bonds is 10. The second-order valence-electron chi connectivity index (χ2n) is 8.20. The molecule has 10 nitrogen and oxygen atoms in total. The third-order valence-corrected chi connectivity index (χ3v) is 4.85. The van der Waals surface area contributed by atoms with Gasteiger partial charge in [-0.3, -0.25) is 9.59 Å². The summed E-state index contributed by atoms with van der Waals surface area (Å²) in [6.45, 7) is 2.71. The molecule has 2 amide bonds. The van der Waals surface area contributed by atoms with Gasteiger partial charge in [-0.05, 0) is 47.0 Å². The van der Waals surface area contributed by atoms with Crippen molar-refractivity contribution >= 4 is 29.8 Å². The van der Waals surface area contributed by atoms with E-state index in [1.165, 1.54) is 32.2 Å². The third kappa shape index (κ3) is 12.1. The number of amides is 2. The number of nitrogens with one attached hydrogen (secondary N) is 2. The average molecular weight is 567 g/mol. The van der Waals surface area contributed by atoms with Crippen LogP contribution in [-0.2, 0) is 41.6 Å². The van der Waals surface area contributed by atoms with E-state index in [1.807, 2.05) is 35.6 Å². The Morgan fingerprint density at radius 2 is 1.61 bits per heavy atom. The number of methoxy groups -OCH3 is 2. The van der Waals surface area contributed by atoms with Crippen molar-refractivity contribution in [2.75, 3.05) is 14.2 Å². The van der Waals surface area contributed by atoms with Crippen LogP contribution in [0.3, 0.4) is 0 Å². The van der Waals surface area contributed by atoms with E-state index >= 15 is 0 Å². The van der Waals surface area contributed by atoms with Crippen LogP contribution in [0, 0.1) is 0 Å². The minimum atomic E-state index is -2.67. The lowest BCUT2D eigenvalue weighted by atomic mass is 10.1. The largest absolute Gasteiger partial charge is 0.508 e. The first-order valence-electron chi connectivity index (χ1n) is 14.2. The molecule has 0 radical (unpaired) electrons. The van der Waals surface area contributed by atoms with Crippen LogP contribution in [0.15, 0.2) is 84.6 Å². The Kier molecular flexibility index (Phi) is 10.7. The smallest absolute Gasteiger partial charge is 0.354 e. The quantitative estimate of drug-likeness (QED) is 0.250. The average Bonchev–Trinajstić information content (AvgIpc) is 3.02. The van der Waals surface area contributed by atoms with Crippen LogP contribution in [0.2, 0.25) is 0 Å². The zero-order valence-electron chi connectivity index (χ0n) is 27.0. The summed E-state index contributed by atoms with van der Waals surface area (Å²) in [6.07, 6.45) is -2.61. The lowest BCUT2D eigenvalue weighted by molar-refractivity contribution is -0.144. The van der Waals surface area contributed by atoms with Crippen LogP contribution >= 0.6 is 0 Å². The molecule has 1 atom stereocenters. The Hall–Kier alpha value is -5.12. The topological polar surface area (TPSA) is 140 Å². The van der Waals surface area contributed by atoms with Gasteiger partial charge in [0, 0.05) is 23.0 Å². The molecule has 0 saturated carbocycles. The number of esters is 2. The van der Waals surface area contributed by atoms with Crippen LogP contribution in [0.25, 0.3) is 6.05 Å². The Balaban J connectivity index is 0.000000322. The van der Waals surface area contributed by atoms with Crippen LogP contribution < -0.4 is 15.4 Å². The summed E-state index contributed by atoms with van der Waals surface area (Å²) in [6, 6.07) is 18.7. The highest BCUT2D eigenvalue weighted by Crippen LogP contribution is 2.17. The highest BCUT2D eigenvalue weighted by atomic mass is 16.5. The van der Waals surface area contributed by atoms with Crippen molar-refractivity contribution in [3.8, 4) is 11.5 Å². The number of benzene rings is 3. The number of hydrogen-bond acceptors (Lipinski definition) is 8. The van der Waals surface area contributed by atoms with Crippen LogP contribution in [0.5, 0.6) is 11.5 Å². The van der Waals surface area contributed by atoms with Crippen LogP contribution in [0.4, 0.5) is 0 Å².